The zero-order valence-corrected chi connectivity index (χ0v) is 11.8. The van der Waals surface area contributed by atoms with Crippen molar-refractivity contribution in [1.29, 1.82) is 0 Å². The number of amides is 1. The van der Waals surface area contributed by atoms with Crippen molar-refractivity contribution in [1.82, 2.24) is 14.7 Å². The Hall–Kier alpha value is -0.650. The Labute approximate surface area is 110 Å². The molecule has 1 amide bonds. The summed E-state index contributed by atoms with van der Waals surface area (Å²) >= 11 is 0. The second kappa shape index (κ2) is 5.99. The maximum Gasteiger partial charge on any atom is 0.242 e. The summed E-state index contributed by atoms with van der Waals surface area (Å²) in [5, 5.41) is 0. The number of ether oxygens (including phenoxy) is 1. The van der Waals surface area contributed by atoms with Crippen molar-refractivity contribution >= 4 is 5.91 Å². The first-order valence-corrected chi connectivity index (χ1v) is 6.90. The highest BCUT2D eigenvalue weighted by Crippen LogP contribution is 2.14. The Morgan fingerprint density at radius 3 is 2.44 bits per heavy atom. The van der Waals surface area contributed by atoms with Crippen molar-refractivity contribution in [3.05, 3.63) is 0 Å². The molecule has 18 heavy (non-hydrogen) atoms. The molecule has 104 valence electrons. The number of likely N-dealkylation sites (N-methyl/N-ethyl adjacent to an activating group) is 1. The number of hydrogen-bond acceptors (Lipinski definition) is 4. The van der Waals surface area contributed by atoms with E-state index >= 15 is 0 Å². The van der Waals surface area contributed by atoms with Gasteiger partial charge < -0.3 is 14.5 Å². The molecular weight excluding hydrogens is 230 g/mol. The molecule has 2 fully saturated rings. The molecule has 0 N–H and O–H groups in total. The van der Waals surface area contributed by atoms with E-state index in [9.17, 15) is 4.79 Å². The molecule has 0 saturated carbocycles. The van der Waals surface area contributed by atoms with Crippen LogP contribution in [-0.4, -0.2) is 85.7 Å². The van der Waals surface area contributed by atoms with E-state index in [0.29, 0.717) is 12.6 Å². The number of morpholine rings is 1. The molecule has 2 saturated heterocycles. The molecule has 0 aromatic carbocycles. The first kappa shape index (κ1) is 13.8. The van der Waals surface area contributed by atoms with Gasteiger partial charge in [0.05, 0.1) is 13.2 Å². The number of rotatable bonds is 2. The van der Waals surface area contributed by atoms with E-state index in [1.807, 2.05) is 4.90 Å². The molecule has 0 aromatic rings. The van der Waals surface area contributed by atoms with E-state index in [1.54, 1.807) is 0 Å². The molecule has 2 heterocycles. The van der Waals surface area contributed by atoms with Crippen LogP contribution >= 0.6 is 0 Å². The largest absolute Gasteiger partial charge is 0.378 e. The van der Waals surface area contributed by atoms with E-state index in [2.05, 4.69) is 30.7 Å². The van der Waals surface area contributed by atoms with Crippen LogP contribution < -0.4 is 0 Å². The van der Waals surface area contributed by atoms with Crippen LogP contribution in [0.5, 0.6) is 0 Å². The van der Waals surface area contributed by atoms with Crippen molar-refractivity contribution < 1.29 is 9.53 Å². The normalized spacial score (nSPS) is 27.8. The molecule has 1 unspecified atom stereocenters. The minimum atomic E-state index is -0.0813. The minimum Gasteiger partial charge on any atom is -0.378 e. The Balaban J connectivity index is 1.97. The van der Waals surface area contributed by atoms with Gasteiger partial charge in [0.25, 0.3) is 0 Å². The lowest BCUT2D eigenvalue weighted by atomic mass is 10.1. The fourth-order valence-electron chi connectivity index (χ4n) is 2.69. The highest BCUT2D eigenvalue weighted by atomic mass is 16.5. The standard InChI is InChI=1S/C13H25N3O2/c1-11(2)16-8-9-18-10-12(16)13(17)15-6-4-14(3)5-7-15/h11-12H,4-10H2,1-3H3. The highest BCUT2D eigenvalue weighted by molar-refractivity contribution is 5.82. The van der Waals surface area contributed by atoms with Gasteiger partial charge in [0.2, 0.25) is 5.91 Å². The molecule has 2 aliphatic heterocycles. The number of hydrogen-bond donors (Lipinski definition) is 0. The van der Waals surface area contributed by atoms with E-state index in [4.69, 9.17) is 4.74 Å². The third-order valence-corrected chi connectivity index (χ3v) is 3.93. The SMILES string of the molecule is CC(C)N1CCOCC1C(=O)N1CCN(C)CC1. The summed E-state index contributed by atoms with van der Waals surface area (Å²) in [5.41, 5.74) is 0. The molecule has 0 radical (unpaired) electrons. The van der Waals surface area contributed by atoms with Crippen LogP contribution in [0.15, 0.2) is 0 Å². The summed E-state index contributed by atoms with van der Waals surface area (Å²) in [6.45, 7) is 10.1. The number of nitrogens with zero attached hydrogens (tertiary/aromatic N) is 3. The summed E-state index contributed by atoms with van der Waals surface area (Å²) < 4.78 is 5.50. The monoisotopic (exact) mass is 255 g/mol. The molecule has 2 rings (SSSR count). The van der Waals surface area contributed by atoms with Crippen molar-refractivity contribution in [3.8, 4) is 0 Å². The third-order valence-electron chi connectivity index (χ3n) is 3.93. The van der Waals surface area contributed by atoms with Gasteiger partial charge >= 0.3 is 0 Å². The van der Waals surface area contributed by atoms with Crippen LogP contribution in [0.4, 0.5) is 0 Å². The van der Waals surface area contributed by atoms with E-state index in [0.717, 1.165) is 39.3 Å². The fraction of sp³-hybridized carbons (Fsp3) is 0.923. The van der Waals surface area contributed by atoms with Gasteiger partial charge in [0.1, 0.15) is 6.04 Å². The molecule has 0 aliphatic carbocycles. The molecule has 5 nitrogen and oxygen atoms in total. The van der Waals surface area contributed by atoms with Gasteiger partial charge in [-0.25, -0.2) is 0 Å². The van der Waals surface area contributed by atoms with Gasteiger partial charge in [0.15, 0.2) is 0 Å². The number of piperazine rings is 1. The van der Waals surface area contributed by atoms with Gasteiger partial charge in [-0.1, -0.05) is 0 Å². The fourth-order valence-corrected chi connectivity index (χ4v) is 2.69. The average molecular weight is 255 g/mol. The first-order valence-electron chi connectivity index (χ1n) is 6.90. The van der Waals surface area contributed by atoms with E-state index in [-0.39, 0.29) is 11.9 Å². The Morgan fingerprint density at radius 1 is 1.17 bits per heavy atom. The van der Waals surface area contributed by atoms with Crippen LogP contribution in [0, 0.1) is 0 Å². The van der Waals surface area contributed by atoms with Gasteiger partial charge in [0, 0.05) is 38.8 Å². The maximum absolute atomic E-state index is 12.6. The van der Waals surface area contributed by atoms with Gasteiger partial charge in [-0.05, 0) is 20.9 Å². The molecule has 0 bridgehead atoms. The molecular formula is C13H25N3O2. The maximum atomic E-state index is 12.6. The summed E-state index contributed by atoms with van der Waals surface area (Å²) in [6, 6.07) is 0.317. The van der Waals surface area contributed by atoms with Crippen molar-refractivity contribution in [3.63, 3.8) is 0 Å². The molecule has 1 atom stereocenters. The van der Waals surface area contributed by atoms with Crippen LogP contribution in [0.3, 0.4) is 0 Å². The molecule has 2 aliphatic rings. The lowest BCUT2D eigenvalue weighted by Crippen LogP contribution is -2.59. The number of carbonyl (C=O) groups excluding carboxylic acids is 1. The molecule has 0 spiro atoms. The van der Waals surface area contributed by atoms with Crippen LogP contribution in [0.25, 0.3) is 0 Å². The molecule has 5 heteroatoms. The number of carbonyl (C=O) groups is 1. The van der Waals surface area contributed by atoms with Crippen molar-refractivity contribution in [2.24, 2.45) is 0 Å². The third kappa shape index (κ3) is 3.02. The second-order valence-electron chi connectivity index (χ2n) is 5.55. The predicted octanol–water partition coefficient (Wildman–Crippen LogP) is -0.130. The zero-order chi connectivity index (χ0) is 13.1. The second-order valence-corrected chi connectivity index (χ2v) is 5.55. The molecule has 0 aromatic heterocycles. The van der Waals surface area contributed by atoms with Crippen molar-refractivity contribution in [2.75, 3.05) is 53.0 Å². The smallest absolute Gasteiger partial charge is 0.242 e. The quantitative estimate of drug-likeness (QED) is 0.689. The Bertz CT molecular complexity index is 288. The van der Waals surface area contributed by atoms with Gasteiger partial charge in [-0.3, -0.25) is 9.69 Å². The van der Waals surface area contributed by atoms with E-state index in [1.165, 1.54) is 0 Å². The van der Waals surface area contributed by atoms with Gasteiger partial charge in [-0.2, -0.15) is 0 Å². The predicted molar refractivity (Wildman–Crippen MR) is 70.5 cm³/mol. The summed E-state index contributed by atoms with van der Waals surface area (Å²) in [4.78, 5) is 19.1. The highest BCUT2D eigenvalue weighted by Gasteiger charge is 2.34. The minimum absolute atomic E-state index is 0.0813. The summed E-state index contributed by atoms with van der Waals surface area (Å²) in [5.74, 6) is 0.247. The van der Waals surface area contributed by atoms with Crippen LogP contribution in [0.1, 0.15) is 13.8 Å². The van der Waals surface area contributed by atoms with Crippen LogP contribution in [0.2, 0.25) is 0 Å². The average Bonchev–Trinajstić information content (AvgIpc) is 2.39. The first-order chi connectivity index (χ1) is 8.59. The zero-order valence-electron chi connectivity index (χ0n) is 11.8. The summed E-state index contributed by atoms with van der Waals surface area (Å²) in [6.07, 6.45) is 0. The lowest BCUT2D eigenvalue weighted by Gasteiger charge is -2.41. The lowest BCUT2D eigenvalue weighted by molar-refractivity contribution is -0.146. The van der Waals surface area contributed by atoms with Crippen LogP contribution in [-0.2, 0) is 9.53 Å². The Morgan fingerprint density at radius 2 is 1.83 bits per heavy atom. The topological polar surface area (TPSA) is 36.0 Å². The van der Waals surface area contributed by atoms with E-state index < -0.39 is 0 Å². The summed E-state index contributed by atoms with van der Waals surface area (Å²) in [7, 11) is 2.10. The van der Waals surface area contributed by atoms with Crippen molar-refractivity contribution in [2.45, 2.75) is 25.9 Å². The Kier molecular flexibility index (Phi) is 4.59. The van der Waals surface area contributed by atoms with Gasteiger partial charge in [-0.15, -0.1) is 0 Å².